The minimum Gasteiger partial charge on any atom is -0.226 e. The number of hydrogen-bond donors (Lipinski definition) is 0. The van der Waals surface area contributed by atoms with E-state index in [-0.39, 0.29) is 5.69 Å². The molecule has 0 aliphatic rings. The van der Waals surface area contributed by atoms with Crippen molar-refractivity contribution in [3.63, 3.8) is 0 Å². The first-order valence-corrected chi connectivity index (χ1v) is 6.73. The molecule has 0 N–H and O–H groups in total. The maximum atomic E-state index is 13.4. The zero-order chi connectivity index (χ0) is 16.3. The first kappa shape index (κ1) is 15.0. The minimum absolute atomic E-state index is 0.306. The van der Waals surface area contributed by atoms with Crippen LogP contribution in [0.3, 0.4) is 0 Å². The van der Waals surface area contributed by atoms with Gasteiger partial charge in [0.15, 0.2) is 5.69 Å². The fraction of sp³-hybridized carbons (Fsp3) is 0.0625. The molecule has 1 heterocycles. The van der Waals surface area contributed by atoms with Crippen molar-refractivity contribution in [3.8, 4) is 5.69 Å². The predicted octanol–water partition coefficient (Wildman–Crippen LogP) is 5.31. The number of halogens is 3. The maximum absolute atomic E-state index is 13.4. The van der Waals surface area contributed by atoms with Crippen molar-refractivity contribution in [2.24, 2.45) is 10.2 Å². The van der Waals surface area contributed by atoms with Gasteiger partial charge in [-0.25, -0.2) is 4.68 Å². The minimum atomic E-state index is -4.60. The van der Waals surface area contributed by atoms with Crippen molar-refractivity contribution >= 4 is 11.4 Å². The van der Waals surface area contributed by atoms with E-state index in [1.54, 1.807) is 60.7 Å². The van der Waals surface area contributed by atoms with Gasteiger partial charge in [0, 0.05) is 0 Å². The second kappa shape index (κ2) is 6.04. The highest BCUT2D eigenvalue weighted by atomic mass is 19.4. The summed E-state index contributed by atoms with van der Waals surface area (Å²) >= 11 is 0. The van der Waals surface area contributed by atoms with Gasteiger partial charge in [0.25, 0.3) is 0 Å². The van der Waals surface area contributed by atoms with Crippen molar-refractivity contribution in [1.29, 1.82) is 0 Å². The highest BCUT2D eigenvalue weighted by molar-refractivity contribution is 5.47. The zero-order valence-electron chi connectivity index (χ0n) is 11.8. The molecule has 3 rings (SSSR count). The Morgan fingerprint density at radius 1 is 0.826 bits per heavy atom. The molecular formula is C16H11F3N4. The van der Waals surface area contributed by atoms with E-state index < -0.39 is 11.9 Å². The highest BCUT2D eigenvalue weighted by Crippen LogP contribution is 2.38. The molecule has 23 heavy (non-hydrogen) atoms. The van der Waals surface area contributed by atoms with Crippen LogP contribution in [0.2, 0.25) is 0 Å². The normalized spacial score (nSPS) is 12.0. The fourth-order valence-corrected chi connectivity index (χ4v) is 2.05. The van der Waals surface area contributed by atoms with Crippen LogP contribution in [-0.2, 0) is 6.18 Å². The fourth-order valence-electron chi connectivity index (χ4n) is 2.05. The molecular weight excluding hydrogens is 305 g/mol. The van der Waals surface area contributed by atoms with Crippen LogP contribution in [0.5, 0.6) is 0 Å². The summed E-state index contributed by atoms with van der Waals surface area (Å²) < 4.78 is 41.0. The van der Waals surface area contributed by atoms with Gasteiger partial charge in [-0.05, 0) is 24.3 Å². The summed E-state index contributed by atoms with van der Waals surface area (Å²) in [5.41, 5.74) is -0.511. The molecule has 2 aromatic carbocycles. The van der Waals surface area contributed by atoms with Gasteiger partial charge in [-0.3, -0.25) is 0 Å². The van der Waals surface area contributed by atoms with Crippen molar-refractivity contribution in [2.75, 3.05) is 0 Å². The number of aromatic nitrogens is 2. The van der Waals surface area contributed by atoms with E-state index in [0.717, 1.165) is 10.9 Å². The molecule has 3 aromatic rings. The summed E-state index contributed by atoms with van der Waals surface area (Å²) in [5, 5.41) is 11.3. The summed E-state index contributed by atoms with van der Waals surface area (Å²) in [4.78, 5) is 0. The van der Waals surface area contributed by atoms with Crippen molar-refractivity contribution in [2.45, 2.75) is 6.18 Å². The molecule has 1 aromatic heterocycles. The highest BCUT2D eigenvalue weighted by Gasteiger charge is 2.39. The third-order valence-corrected chi connectivity index (χ3v) is 3.05. The SMILES string of the molecule is FC(F)(F)c1c(N=Nc2ccccc2)cnn1-c1ccccc1. The molecule has 0 radical (unpaired) electrons. The number of azo groups is 1. The number of para-hydroxylation sites is 1. The molecule has 0 spiro atoms. The molecule has 0 amide bonds. The standard InChI is InChI=1S/C16H11F3N4/c17-16(18,19)15-14(22-21-12-7-3-1-4-8-12)11-20-23(15)13-9-5-2-6-10-13/h1-11H. The van der Waals surface area contributed by atoms with Crippen LogP contribution in [0.25, 0.3) is 5.69 Å². The maximum Gasteiger partial charge on any atom is 0.435 e. The van der Waals surface area contributed by atoms with Gasteiger partial charge in [0.05, 0.1) is 17.6 Å². The van der Waals surface area contributed by atoms with Gasteiger partial charge in [-0.1, -0.05) is 36.4 Å². The molecule has 0 atom stereocenters. The number of hydrogen-bond acceptors (Lipinski definition) is 3. The average molecular weight is 316 g/mol. The molecule has 7 heteroatoms. The van der Waals surface area contributed by atoms with Crippen molar-refractivity contribution < 1.29 is 13.2 Å². The van der Waals surface area contributed by atoms with Gasteiger partial charge < -0.3 is 0 Å². The summed E-state index contributed by atoms with van der Waals surface area (Å²) in [5.74, 6) is 0. The largest absolute Gasteiger partial charge is 0.435 e. The quantitative estimate of drug-likeness (QED) is 0.604. The third kappa shape index (κ3) is 3.28. The summed E-state index contributed by atoms with van der Waals surface area (Å²) in [6.45, 7) is 0. The summed E-state index contributed by atoms with van der Waals surface area (Å²) in [6.07, 6.45) is -3.54. The molecule has 0 aliphatic heterocycles. The van der Waals surface area contributed by atoms with Crippen LogP contribution in [0.1, 0.15) is 5.69 Å². The molecule has 0 saturated heterocycles. The lowest BCUT2D eigenvalue weighted by atomic mass is 10.3. The van der Waals surface area contributed by atoms with Crippen LogP contribution in [0.4, 0.5) is 24.5 Å². The lowest BCUT2D eigenvalue weighted by Gasteiger charge is -2.10. The zero-order valence-corrected chi connectivity index (χ0v) is 11.8. The van der Waals surface area contributed by atoms with Crippen molar-refractivity contribution in [3.05, 3.63) is 72.6 Å². The summed E-state index contributed by atoms with van der Waals surface area (Å²) in [7, 11) is 0. The van der Waals surface area contributed by atoms with E-state index in [1.807, 2.05) is 0 Å². The lowest BCUT2D eigenvalue weighted by Crippen LogP contribution is -2.13. The first-order valence-electron chi connectivity index (χ1n) is 6.73. The Morgan fingerprint density at radius 2 is 1.43 bits per heavy atom. The smallest absolute Gasteiger partial charge is 0.226 e. The first-order chi connectivity index (χ1) is 11.1. The topological polar surface area (TPSA) is 42.5 Å². The Balaban J connectivity index is 2.05. The average Bonchev–Trinajstić information content (AvgIpc) is 2.99. The van der Waals surface area contributed by atoms with Crippen LogP contribution in [0.15, 0.2) is 77.1 Å². The Bertz CT molecular complexity index is 808. The van der Waals surface area contributed by atoms with Gasteiger partial charge in [-0.15, -0.1) is 5.11 Å². The van der Waals surface area contributed by atoms with Crippen LogP contribution >= 0.6 is 0 Å². The Kier molecular flexibility index (Phi) is 3.92. The Labute approximate surface area is 129 Å². The Morgan fingerprint density at radius 3 is 2.04 bits per heavy atom. The van der Waals surface area contributed by atoms with E-state index in [1.165, 1.54) is 0 Å². The Hall–Kier alpha value is -2.96. The van der Waals surface area contributed by atoms with Crippen LogP contribution < -0.4 is 0 Å². The number of rotatable bonds is 3. The van der Waals surface area contributed by atoms with Gasteiger partial charge in [0.1, 0.15) is 5.69 Å². The second-order valence-electron chi connectivity index (χ2n) is 4.66. The number of nitrogens with zero attached hydrogens (tertiary/aromatic N) is 4. The number of alkyl halides is 3. The van der Waals surface area contributed by atoms with E-state index in [0.29, 0.717) is 11.4 Å². The molecule has 0 unspecified atom stereocenters. The van der Waals surface area contributed by atoms with Crippen LogP contribution in [0, 0.1) is 0 Å². The molecule has 0 saturated carbocycles. The number of benzene rings is 2. The van der Waals surface area contributed by atoms with Crippen LogP contribution in [-0.4, -0.2) is 9.78 Å². The van der Waals surface area contributed by atoms with Gasteiger partial charge in [-0.2, -0.15) is 23.4 Å². The molecule has 116 valence electrons. The monoisotopic (exact) mass is 316 g/mol. The molecule has 0 bridgehead atoms. The second-order valence-corrected chi connectivity index (χ2v) is 4.66. The molecule has 0 fully saturated rings. The lowest BCUT2D eigenvalue weighted by molar-refractivity contribution is -0.142. The van der Waals surface area contributed by atoms with E-state index in [2.05, 4.69) is 15.3 Å². The van der Waals surface area contributed by atoms with Gasteiger partial charge in [0.2, 0.25) is 0 Å². The predicted molar refractivity (Wildman–Crippen MR) is 79.2 cm³/mol. The molecule has 0 aliphatic carbocycles. The van der Waals surface area contributed by atoms with Gasteiger partial charge >= 0.3 is 6.18 Å². The third-order valence-electron chi connectivity index (χ3n) is 3.05. The molecule has 4 nitrogen and oxygen atoms in total. The van der Waals surface area contributed by atoms with E-state index >= 15 is 0 Å². The van der Waals surface area contributed by atoms with Crippen molar-refractivity contribution in [1.82, 2.24) is 9.78 Å². The van der Waals surface area contributed by atoms with E-state index in [9.17, 15) is 13.2 Å². The summed E-state index contributed by atoms with van der Waals surface area (Å²) in [6, 6.07) is 16.6. The van der Waals surface area contributed by atoms with E-state index in [4.69, 9.17) is 0 Å².